The number of carbonyl (C=O) groups is 1. The van der Waals surface area contributed by atoms with Crippen molar-refractivity contribution in [3.8, 4) is 5.75 Å². The van der Waals surface area contributed by atoms with Crippen LogP contribution >= 0.6 is 11.8 Å². The van der Waals surface area contributed by atoms with E-state index in [4.69, 9.17) is 4.74 Å². The van der Waals surface area contributed by atoms with Crippen LogP contribution in [0.2, 0.25) is 0 Å². The van der Waals surface area contributed by atoms with Crippen LogP contribution in [0.4, 0.5) is 0 Å². The molecule has 116 valence electrons. The van der Waals surface area contributed by atoms with Crippen LogP contribution < -0.4 is 10.1 Å². The lowest BCUT2D eigenvalue weighted by molar-refractivity contribution is -0.121. The Morgan fingerprint density at radius 2 is 1.81 bits per heavy atom. The third-order valence-electron chi connectivity index (χ3n) is 3.94. The lowest BCUT2D eigenvalue weighted by Crippen LogP contribution is -2.39. The van der Waals surface area contributed by atoms with Crippen molar-refractivity contribution in [2.24, 2.45) is 0 Å². The molecule has 1 saturated carbocycles. The summed E-state index contributed by atoms with van der Waals surface area (Å²) >= 11 is 1.60. The van der Waals surface area contributed by atoms with Gasteiger partial charge in [0.25, 0.3) is 0 Å². The molecule has 1 amide bonds. The summed E-state index contributed by atoms with van der Waals surface area (Å²) in [7, 11) is 1.66. The molecular formula is C17H25NO2S. The van der Waals surface area contributed by atoms with Crippen LogP contribution in [-0.4, -0.2) is 24.3 Å². The summed E-state index contributed by atoms with van der Waals surface area (Å²) in [6.45, 7) is 1.97. The van der Waals surface area contributed by atoms with Crippen molar-refractivity contribution in [1.29, 1.82) is 0 Å². The van der Waals surface area contributed by atoms with E-state index in [-0.39, 0.29) is 11.2 Å². The minimum absolute atomic E-state index is 0.0679. The highest BCUT2D eigenvalue weighted by Crippen LogP contribution is 2.26. The van der Waals surface area contributed by atoms with Crippen LogP contribution in [0, 0.1) is 0 Å². The number of carbonyl (C=O) groups excluding carboxylic acids is 1. The van der Waals surface area contributed by atoms with Crippen molar-refractivity contribution in [1.82, 2.24) is 5.32 Å². The summed E-state index contributed by atoms with van der Waals surface area (Å²) in [4.78, 5) is 13.4. The van der Waals surface area contributed by atoms with Crippen molar-refractivity contribution < 1.29 is 9.53 Å². The molecule has 1 N–H and O–H groups in total. The quantitative estimate of drug-likeness (QED) is 0.659. The number of ether oxygens (including phenoxy) is 1. The van der Waals surface area contributed by atoms with Gasteiger partial charge in [-0.15, -0.1) is 11.8 Å². The molecule has 0 aliphatic heterocycles. The molecule has 1 aliphatic rings. The fourth-order valence-electron chi connectivity index (χ4n) is 2.65. The van der Waals surface area contributed by atoms with E-state index in [0.717, 1.165) is 23.5 Å². The van der Waals surface area contributed by atoms with Gasteiger partial charge in [-0.1, -0.05) is 25.7 Å². The molecule has 1 aliphatic carbocycles. The fourth-order valence-corrected chi connectivity index (χ4v) is 3.53. The van der Waals surface area contributed by atoms with E-state index >= 15 is 0 Å². The smallest absolute Gasteiger partial charge is 0.233 e. The standard InChI is InChI=1S/C17H25NO2S/c1-13(21-16-11-9-15(20-2)10-12-16)17(19)18-14-7-5-3-4-6-8-14/h9-14H,3-8H2,1-2H3,(H,18,19)/t13-/m0/s1. The van der Waals surface area contributed by atoms with E-state index in [9.17, 15) is 4.79 Å². The van der Waals surface area contributed by atoms with Gasteiger partial charge in [-0.3, -0.25) is 4.79 Å². The summed E-state index contributed by atoms with van der Waals surface area (Å²) in [6, 6.07) is 8.23. The molecule has 3 nitrogen and oxygen atoms in total. The number of hydrogen-bond donors (Lipinski definition) is 1. The zero-order chi connectivity index (χ0) is 15.1. The van der Waals surface area contributed by atoms with Crippen LogP contribution in [0.1, 0.15) is 45.4 Å². The third-order valence-corrected chi connectivity index (χ3v) is 5.06. The summed E-state index contributed by atoms with van der Waals surface area (Å²) in [5.41, 5.74) is 0. The Morgan fingerprint density at radius 3 is 2.38 bits per heavy atom. The zero-order valence-corrected chi connectivity index (χ0v) is 13.7. The minimum Gasteiger partial charge on any atom is -0.497 e. The van der Waals surface area contributed by atoms with Crippen molar-refractivity contribution in [2.45, 2.75) is 61.6 Å². The average Bonchev–Trinajstić information content (AvgIpc) is 2.76. The van der Waals surface area contributed by atoms with Crippen molar-refractivity contribution in [2.75, 3.05) is 7.11 Å². The molecule has 0 unspecified atom stereocenters. The predicted octanol–water partition coefficient (Wildman–Crippen LogP) is 4.01. The topological polar surface area (TPSA) is 38.3 Å². The highest BCUT2D eigenvalue weighted by Gasteiger charge is 2.19. The van der Waals surface area contributed by atoms with Gasteiger partial charge in [-0.05, 0) is 44.0 Å². The number of amides is 1. The first kappa shape index (κ1) is 16.2. The number of hydrogen-bond acceptors (Lipinski definition) is 3. The lowest BCUT2D eigenvalue weighted by atomic mass is 10.1. The number of methoxy groups -OCH3 is 1. The van der Waals surface area contributed by atoms with Crippen LogP contribution in [0.5, 0.6) is 5.75 Å². The Morgan fingerprint density at radius 1 is 1.19 bits per heavy atom. The predicted molar refractivity (Wildman–Crippen MR) is 87.9 cm³/mol. The van der Waals surface area contributed by atoms with Gasteiger partial charge in [0.1, 0.15) is 5.75 Å². The second-order valence-corrected chi connectivity index (χ2v) is 7.05. The van der Waals surface area contributed by atoms with E-state index in [1.807, 2.05) is 31.2 Å². The van der Waals surface area contributed by atoms with Crippen LogP contribution in [-0.2, 0) is 4.79 Å². The molecular weight excluding hydrogens is 282 g/mol. The van der Waals surface area contributed by atoms with Gasteiger partial charge in [0.2, 0.25) is 5.91 Å². The second kappa shape index (κ2) is 8.32. The number of thioether (sulfide) groups is 1. The number of benzene rings is 1. The molecule has 0 bridgehead atoms. The Balaban J connectivity index is 1.83. The largest absolute Gasteiger partial charge is 0.497 e. The summed E-state index contributed by atoms with van der Waals surface area (Å²) in [5, 5.41) is 3.15. The molecule has 0 radical (unpaired) electrons. The maximum absolute atomic E-state index is 12.3. The highest BCUT2D eigenvalue weighted by molar-refractivity contribution is 8.00. The van der Waals surface area contributed by atoms with Gasteiger partial charge in [0.15, 0.2) is 0 Å². The average molecular weight is 307 g/mol. The Labute approximate surface area is 131 Å². The Bertz CT molecular complexity index is 439. The molecule has 0 saturated heterocycles. The van der Waals surface area contributed by atoms with Gasteiger partial charge in [0, 0.05) is 10.9 Å². The highest BCUT2D eigenvalue weighted by atomic mass is 32.2. The third kappa shape index (κ3) is 5.27. The second-order valence-electron chi connectivity index (χ2n) is 5.63. The molecule has 0 spiro atoms. The first-order valence-electron chi connectivity index (χ1n) is 7.80. The summed E-state index contributed by atoms with van der Waals surface area (Å²) in [6.07, 6.45) is 7.36. The first-order valence-corrected chi connectivity index (χ1v) is 8.68. The fraction of sp³-hybridized carbons (Fsp3) is 0.588. The zero-order valence-electron chi connectivity index (χ0n) is 12.9. The van der Waals surface area contributed by atoms with Gasteiger partial charge < -0.3 is 10.1 Å². The van der Waals surface area contributed by atoms with Crippen molar-refractivity contribution in [3.63, 3.8) is 0 Å². The van der Waals surface area contributed by atoms with E-state index in [0.29, 0.717) is 6.04 Å². The molecule has 21 heavy (non-hydrogen) atoms. The maximum atomic E-state index is 12.3. The minimum atomic E-state index is -0.0679. The molecule has 0 aromatic heterocycles. The van der Waals surface area contributed by atoms with Gasteiger partial charge in [-0.2, -0.15) is 0 Å². The SMILES string of the molecule is COc1ccc(S[C@@H](C)C(=O)NC2CCCCCC2)cc1. The van der Waals surface area contributed by atoms with Crippen LogP contribution in [0.15, 0.2) is 29.2 Å². The van der Waals surface area contributed by atoms with Crippen molar-refractivity contribution >= 4 is 17.7 Å². The molecule has 1 aromatic rings. The Kier molecular flexibility index (Phi) is 6.43. The Hall–Kier alpha value is -1.16. The molecule has 2 rings (SSSR count). The van der Waals surface area contributed by atoms with Crippen LogP contribution in [0.25, 0.3) is 0 Å². The van der Waals surface area contributed by atoms with Gasteiger partial charge in [0.05, 0.1) is 12.4 Å². The molecule has 1 atom stereocenters. The summed E-state index contributed by atoms with van der Waals surface area (Å²) < 4.78 is 5.15. The van der Waals surface area contributed by atoms with E-state index in [1.54, 1.807) is 18.9 Å². The number of nitrogens with one attached hydrogen (secondary N) is 1. The van der Waals surface area contributed by atoms with E-state index < -0.39 is 0 Å². The van der Waals surface area contributed by atoms with E-state index in [2.05, 4.69) is 5.32 Å². The normalized spacial score (nSPS) is 17.8. The molecule has 0 heterocycles. The van der Waals surface area contributed by atoms with Crippen LogP contribution in [0.3, 0.4) is 0 Å². The molecule has 1 aromatic carbocycles. The monoisotopic (exact) mass is 307 g/mol. The summed E-state index contributed by atoms with van der Waals surface area (Å²) in [5.74, 6) is 0.998. The molecule has 4 heteroatoms. The van der Waals surface area contributed by atoms with Crippen molar-refractivity contribution in [3.05, 3.63) is 24.3 Å². The van der Waals surface area contributed by atoms with E-state index in [1.165, 1.54) is 25.7 Å². The number of rotatable bonds is 5. The van der Waals surface area contributed by atoms with Gasteiger partial charge in [-0.25, -0.2) is 0 Å². The maximum Gasteiger partial charge on any atom is 0.233 e. The lowest BCUT2D eigenvalue weighted by Gasteiger charge is -2.19. The molecule has 1 fully saturated rings. The van der Waals surface area contributed by atoms with Gasteiger partial charge >= 0.3 is 0 Å². The first-order chi connectivity index (χ1) is 10.2.